The Kier molecular flexibility index (Phi) is 5.45. The van der Waals surface area contributed by atoms with Gasteiger partial charge in [-0.15, -0.1) is 0 Å². The Morgan fingerprint density at radius 1 is 0.947 bits per heavy atom. The van der Waals surface area contributed by atoms with Crippen LogP contribution in [0.4, 0.5) is 5.69 Å². The van der Waals surface area contributed by atoms with E-state index in [0.29, 0.717) is 0 Å². The minimum absolute atomic E-state index is 0.990. The third kappa shape index (κ3) is 4.42. The number of nitrogens with one attached hydrogen (secondary N) is 2. The van der Waals surface area contributed by atoms with Crippen LogP contribution in [0.2, 0.25) is 0 Å². The normalized spacial score (nSPS) is 12.9. The van der Waals surface area contributed by atoms with Gasteiger partial charge in [-0.25, -0.2) is 0 Å². The van der Waals surface area contributed by atoms with Gasteiger partial charge in [0.1, 0.15) is 0 Å². The Bertz CT molecular complexity index is 455. The maximum atomic E-state index is 3.34. The first-order valence-corrected chi connectivity index (χ1v) is 6.96. The van der Waals surface area contributed by atoms with Crippen molar-refractivity contribution in [2.24, 2.45) is 0 Å². The van der Waals surface area contributed by atoms with Crippen LogP contribution in [0.5, 0.6) is 0 Å². The van der Waals surface area contributed by atoms with E-state index in [1.165, 1.54) is 23.2 Å². The zero-order chi connectivity index (χ0) is 13.3. The third-order valence-electron chi connectivity index (χ3n) is 3.16. The number of fused-ring (bicyclic) bond motifs is 1. The summed E-state index contributed by atoms with van der Waals surface area (Å²) >= 11 is 0. The van der Waals surface area contributed by atoms with Gasteiger partial charge in [0.05, 0.1) is 0 Å². The maximum Gasteiger partial charge on any atom is 0.0340 e. The van der Waals surface area contributed by atoms with E-state index >= 15 is 0 Å². The van der Waals surface area contributed by atoms with Crippen molar-refractivity contribution in [2.75, 3.05) is 18.4 Å². The number of para-hydroxylation sites is 1. The molecule has 0 aliphatic carbocycles. The fourth-order valence-electron chi connectivity index (χ4n) is 2.18. The van der Waals surface area contributed by atoms with E-state index in [2.05, 4.69) is 54.0 Å². The molecule has 2 aromatic carbocycles. The van der Waals surface area contributed by atoms with Crippen LogP contribution in [0, 0.1) is 0 Å². The van der Waals surface area contributed by atoms with E-state index in [1.54, 1.807) is 0 Å². The first-order valence-electron chi connectivity index (χ1n) is 6.96. The Morgan fingerprint density at radius 3 is 2.32 bits per heavy atom. The van der Waals surface area contributed by atoms with Crippen LogP contribution in [0.15, 0.2) is 54.6 Å². The summed E-state index contributed by atoms with van der Waals surface area (Å²) in [5, 5.41) is 6.55. The first kappa shape index (κ1) is 13.6. The minimum Gasteiger partial charge on any atom is -0.385 e. The zero-order valence-electron chi connectivity index (χ0n) is 11.5. The molecule has 1 aliphatic rings. The lowest BCUT2D eigenvalue weighted by atomic mass is 10.0. The molecule has 100 valence electrons. The molecule has 1 heterocycles. The second kappa shape index (κ2) is 7.59. The van der Waals surface area contributed by atoms with Gasteiger partial charge in [0.25, 0.3) is 0 Å². The molecule has 2 aromatic rings. The fourth-order valence-corrected chi connectivity index (χ4v) is 2.18. The monoisotopic (exact) mass is 254 g/mol. The van der Waals surface area contributed by atoms with Crippen LogP contribution < -0.4 is 10.6 Å². The van der Waals surface area contributed by atoms with E-state index in [0.717, 1.165) is 19.6 Å². The maximum absolute atomic E-state index is 3.34. The summed E-state index contributed by atoms with van der Waals surface area (Å²) in [6.07, 6.45) is 1.19. The SMILES string of the molecule is CCNc1ccccc1.c1ccc2c(c1)CCNC2. The quantitative estimate of drug-likeness (QED) is 0.857. The van der Waals surface area contributed by atoms with Crippen molar-refractivity contribution in [1.29, 1.82) is 0 Å². The topological polar surface area (TPSA) is 24.1 Å². The molecule has 2 nitrogen and oxygen atoms in total. The van der Waals surface area contributed by atoms with Gasteiger partial charge in [0, 0.05) is 18.8 Å². The number of hydrogen-bond donors (Lipinski definition) is 2. The highest BCUT2D eigenvalue weighted by atomic mass is 14.9. The zero-order valence-corrected chi connectivity index (χ0v) is 11.5. The van der Waals surface area contributed by atoms with E-state index in [-0.39, 0.29) is 0 Å². The number of benzene rings is 2. The van der Waals surface area contributed by atoms with E-state index < -0.39 is 0 Å². The van der Waals surface area contributed by atoms with Crippen molar-refractivity contribution in [3.05, 3.63) is 65.7 Å². The Hall–Kier alpha value is -1.80. The second-order valence-corrected chi connectivity index (χ2v) is 4.59. The van der Waals surface area contributed by atoms with Crippen LogP contribution in [0.3, 0.4) is 0 Å². The van der Waals surface area contributed by atoms with Crippen LogP contribution in [0.25, 0.3) is 0 Å². The summed E-state index contributed by atoms with van der Waals surface area (Å²) in [4.78, 5) is 0. The molecule has 0 unspecified atom stereocenters. The number of rotatable bonds is 2. The first-order chi connectivity index (χ1) is 9.40. The van der Waals surface area contributed by atoms with Gasteiger partial charge in [-0.1, -0.05) is 42.5 Å². The van der Waals surface area contributed by atoms with Crippen LogP contribution >= 0.6 is 0 Å². The molecule has 0 radical (unpaired) electrons. The van der Waals surface area contributed by atoms with Crippen molar-refractivity contribution in [1.82, 2.24) is 5.32 Å². The standard InChI is InChI=1S/C9H11N.C8H11N/c1-2-4-9-7-10-6-5-8(9)3-1;1-2-9-8-6-4-3-5-7-8/h1-4,10H,5-7H2;3-7,9H,2H2,1H3. The summed E-state index contributed by atoms with van der Waals surface area (Å²) in [6, 6.07) is 18.8. The summed E-state index contributed by atoms with van der Waals surface area (Å²) in [6.45, 7) is 5.27. The molecular weight excluding hydrogens is 232 g/mol. The summed E-state index contributed by atoms with van der Waals surface area (Å²) in [7, 11) is 0. The molecule has 0 aromatic heterocycles. The van der Waals surface area contributed by atoms with Crippen LogP contribution in [0.1, 0.15) is 18.1 Å². The fraction of sp³-hybridized carbons (Fsp3) is 0.294. The van der Waals surface area contributed by atoms with Crippen molar-refractivity contribution < 1.29 is 0 Å². The van der Waals surface area contributed by atoms with Gasteiger partial charge < -0.3 is 10.6 Å². The molecule has 0 amide bonds. The Balaban J connectivity index is 0.000000141. The smallest absolute Gasteiger partial charge is 0.0340 e. The molecule has 19 heavy (non-hydrogen) atoms. The average molecular weight is 254 g/mol. The van der Waals surface area contributed by atoms with Gasteiger partial charge in [-0.3, -0.25) is 0 Å². The van der Waals surface area contributed by atoms with Crippen molar-refractivity contribution >= 4 is 5.69 Å². The molecule has 2 N–H and O–H groups in total. The van der Waals surface area contributed by atoms with Crippen molar-refractivity contribution in [3.8, 4) is 0 Å². The lowest BCUT2D eigenvalue weighted by Gasteiger charge is -2.15. The van der Waals surface area contributed by atoms with Gasteiger partial charge in [-0.2, -0.15) is 0 Å². The molecule has 0 saturated heterocycles. The largest absolute Gasteiger partial charge is 0.385 e. The van der Waals surface area contributed by atoms with Crippen molar-refractivity contribution in [2.45, 2.75) is 19.9 Å². The van der Waals surface area contributed by atoms with Gasteiger partial charge >= 0.3 is 0 Å². The number of anilines is 1. The predicted octanol–water partition coefficient (Wildman–Crippen LogP) is 3.45. The van der Waals surface area contributed by atoms with Gasteiger partial charge in [0.15, 0.2) is 0 Å². The lowest BCUT2D eigenvalue weighted by molar-refractivity contribution is 0.644. The van der Waals surface area contributed by atoms with Crippen LogP contribution in [-0.4, -0.2) is 13.1 Å². The van der Waals surface area contributed by atoms with Gasteiger partial charge in [-0.05, 0) is 43.1 Å². The predicted molar refractivity (Wildman–Crippen MR) is 82.5 cm³/mol. The summed E-state index contributed by atoms with van der Waals surface area (Å²) in [5.41, 5.74) is 4.18. The van der Waals surface area contributed by atoms with Gasteiger partial charge in [0.2, 0.25) is 0 Å². The Morgan fingerprint density at radius 2 is 1.63 bits per heavy atom. The molecule has 3 rings (SSSR count). The lowest BCUT2D eigenvalue weighted by Crippen LogP contribution is -2.23. The third-order valence-corrected chi connectivity index (χ3v) is 3.16. The highest BCUT2D eigenvalue weighted by Gasteiger charge is 2.05. The molecule has 0 spiro atoms. The highest BCUT2D eigenvalue weighted by molar-refractivity contribution is 5.41. The molecule has 2 heteroatoms. The van der Waals surface area contributed by atoms with E-state index in [4.69, 9.17) is 0 Å². The molecule has 1 aliphatic heterocycles. The van der Waals surface area contributed by atoms with E-state index in [1.807, 2.05) is 18.2 Å². The minimum atomic E-state index is 0.990. The molecule has 0 atom stereocenters. The molecule has 0 bridgehead atoms. The van der Waals surface area contributed by atoms with E-state index in [9.17, 15) is 0 Å². The summed E-state index contributed by atoms with van der Waals surface area (Å²) in [5.74, 6) is 0. The number of hydrogen-bond acceptors (Lipinski definition) is 2. The summed E-state index contributed by atoms with van der Waals surface area (Å²) < 4.78 is 0. The van der Waals surface area contributed by atoms with Crippen molar-refractivity contribution in [3.63, 3.8) is 0 Å². The highest BCUT2D eigenvalue weighted by Crippen LogP contribution is 2.11. The molecular formula is C17H22N2. The average Bonchev–Trinajstić information content (AvgIpc) is 2.50. The molecule has 0 saturated carbocycles. The Labute approximate surface area is 115 Å². The van der Waals surface area contributed by atoms with Crippen LogP contribution in [-0.2, 0) is 13.0 Å². The second-order valence-electron chi connectivity index (χ2n) is 4.59. The molecule has 0 fully saturated rings.